The summed E-state index contributed by atoms with van der Waals surface area (Å²) in [6.45, 7) is 3.82. The Hall–Kier alpha value is -1.46. The molecule has 0 amide bonds. The van der Waals surface area contributed by atoms with Crippen molar-refractivity contribution in [2.24, 2.45) is 5.92 Å². The lowest BCUT2D eigenvalue weighted by Crippen LogP contribution is -2.34. The largest absolute Gasteiger partial charge is 0.317 e. The molecule has 0 aromatic heterocycles. The number of rotatable bonds is 5. The zero-order valence-corrected chi connectivity index (χ0v) is 11.3. The maximum absolute atomic E-state index is 11.0. The van der Waals surface area contributed by atoms with Gasteiger partial charge in [0, 0.05) is 24.7 Å². The summed E-state index contributed by atoms with van der Waals surface area (Å²) in [7, 11) is 2.04. The summed E-state index contributed by atoms with van der Waals surface area (Å²) in [6.07, 6.45) is 2.39. The third-order valence-electron chi connectivity index (χ3n) is 3.66. The molecule has 19 heavy (non-hydrogen) atoms. The summed E-state index contributed by atoms with van der Waals surface area (Å²) in [5.74, 6) is 0.703. The van der Waals surface area contributed by atoms with Crippen LogP contribution in [0.2, 0.25) is 0 Å². The molecule has 0 saturated carbocycles. The Balaban J connectivity index is 1.94. The third-order valence-corrected chi connectivity index (χ3v) is 3.66. The molecular weight excluding hydrogens is 242 g/mol. The molecule has 1 aliphatic heterocycles. The van der Waals surface area contributed by atoms with E-state index in [2.05, 4.69) is 10.2 Å². The van der Waals surface area contributed by atoms with Gasteiger partial charge >= 0.3 is 0 Å². The molecule has 5 nitrogen and oxygen atoms in total. The van der Waals surface area contributed by atoms with Crippen LogP contribution in [-0.2, 0) is 6.54 Å². The number of benzene rings is 1. The Labute approximate surface area is 113 Å². The van der Waals surface area contributed by atoms with Gasteiger partial charge in [-0.25, -0.2) is 0 Å². The van der Waals surface area contributed by atoms with E-state index < -0.39 is 0 Å². The second-order valence-corrected chi connectivity index (χ2v) is 5.28. The first-order chi connectivity index (χ1) is 9.16. The number of piperidine rings is 1. The minimum Gasteiger partial charge on any atom is -0.317 e. The van der Waals surface area contributed by atoms with Crippen LogP contribution in [0.1, 0.15) is 18.4 Å². The molecule has 0 aliphatic carbocycles. The van der Waals surface area contributed by atoms with Crippen molar-refractivity contribution in [2.75, 3.05) is 26.7 Å². The van der Waals surface area contributed by atoms with Gasteiger partial charge in [-0.15, -0.1) is 0 Å². The lowest BCUT2D eigenvalue weighted by molar-refractivity contribution is -0.385. The molecule has 1 aromatic rings. The van der Waals surface area contributed by atoms with Gasteiger partial charge < -0.3 is 10.2 Å². The smallest absolute Gasteiger partial charge is 0.273 e. The van der Waals surface area contributed by atoms with Crippen molar-refractivity contribution in [2.45, 2.75) is 19.4 Å². The zero-order valence-electron chi connectivity index (χ0n) is 11.3. The summed E-state index contributed by atoms with van der Waals surface area (Å²) >= 11 is 0. The van der Waals surface area contributed by atoms with E-state index in [0.29, 0.717) is 12.5 Å². The molecule has 1 aliphatic rings. The Kier molecular flexibility index (Phi) is 4.87. The van der Waals surface area contributed by atoms with E-state index in [4.69, 9.17) is 0 Å². The third kappa shape index (κ3) is 4.01. The van der Waals surface area contributed by atoms with Gasteiger partial charge in [0.2, 0.25) is 0 Å². The highest BCUT2D eigenvalue weighted by molar-refractivity contribution is 5.39. The van der Waals surface area contributed by atoms with Gasteiger partial charge in [0.1, 0.15) is 0 Å². The first kappa shape index (κ1) is 14.0. The topological polar surface area (TPSA) is 58.4 Å². The fourth-order valence-corrected chi connectivity index (χ4v) is 2.68. The van der Waals surface area contributed by atoms with Gasteiger partial charge in [-0.2, -0.15) is 0 Å². The molecule has 0 radical (unpaired) electrons. The molecule has 0 atom stereocenters. The molecular formula is C14H21N3O2. The van der Waals surface area contributed by atoms with Crippen molar-refractivity contribution < 1.29 is 4.92 Å². The van der Waals surface area contributed by atoms with Crippen LogP contribution in [0.3, 0.4) is 0 Å². The molecule has 1 saturated heterocycles. The normalized spacial score (nSPS) is 16.7. The SMILES string of the molecule is CN(Cc1ccccc1[N+](=O)[O-])CC1CCNCC1. The van der Waals surface area contributed by atoms with E-state index in [1.165, 1.54) is 12.8 Å². The van der Waals surface area contributed by atoms with Crippen molar-refractivity contribution >= 4 is 5.69 Å². The van der Waals surface area contributed by atoms with Crippen LogP contribution in [0.15, 0.2) is 24.3 Å². The maximum atomic E-state index is 11.0. The molecule has 1 aromatic carbocycles. The van der Waals surface area contributed by atoms with E-state index in [-0.39, 0.29) is 10.6 Å². The predicted octanol–water partition coefficient (Wildman–Crippen LogP) is 2.03. The van der Waals surface area contributed by atoms with Crippen LogP contribution in [0.4, 0.5) is 5.69 Å². The number of hydrogen-bond acceptors (Lipinski definition) is 4. The van der Waals surface area contributed by atoms with Gasteiger partial charge in [-0.05, 0) is 38.9 Å². The highest BCUT2D eigenvalue weighted by atomic mass is 16.6. The summed E-state index contributed by atoms with van der Waals surface area (Å²) in [6, 6.07) is 7.00. The number of nitrogens with zero attached hydrogens (tertiary/aromatic N) is 2. The second kappa shape index (κ2) is 6.63. The van der Waals surface area contributed by atoms with Crippen molar-refractivity contribution in [1.82, 2.24) is 10.2 Å². The van der Waals surface area contributed by atoms with Gasteiger partial charge in [0.25, 0.3) is 5.69 Å². The average molecular weight is 263 g/mol. The molecule has 1 fully saturated rings. The molecule has 2 rings (SSSR count). The first-order valence-corrected chi connectivity index (χ1v) is 6.78. The lowest BCUT2D eigenvalue weighted by atomic mass is 9.97. The molecule has 1 N–H and O–H groups in total. The maximum Gasteiger partial charge on any atom is 0.273 e. The van der Waals surface area contributed by atoms with Crippen molar-refractivity contribution in [3.8, 4) is 0 Å². The fraction of sp³-hybridized carbons (Fsp3) is 0.571. The average Bonchev–Trinajstić information content (AvgIpc) is 2.40. The minimum absolute atomic E-state index is 0.222. The summed E-state index contributed by atoms with van der Waals surface area (Å²) in [4.78, 5) is 12.9. The zero-order chi connectivity index (χ0) is 13.7. The highest BCUT2D eigenvalue weighted by Gasteiger charge is 2.18. The van der Waals surface area contributed by atoms with Crippen LogP contribution in [-0.4, -0.2) is 36.5 Å². The molecule has 104 valence electrons. The summed E-state index contributed by atoms with van der Waals surface area (Å²) in [5, 5.41) is 14.3. The number of nitro benzene ring substituents is 1. The van der Waals surface area contributed by atoms with E-state index in [1.54, 1.807) is 12.1 Å². The van der Waals surface area contributed by atoms with Crippen molar-refractivity contribution in [1.29, 1.82) is 0 Å². The number of nitrogens with one attached hydrogen (secondary N) is 1. The monoisotopic (exact) mass is 263 g/mol. The molecule has 0 unspecified atom stereocenters. The Morgan fingerprint density at radius 1 is 1.37 bits per heavy atom. The quantitative estimate of drug-likeness (QED) is 0.652. The van der Waals surface area contributed by atoms with Crippen LogP contribution in [0, 0.1) is 16.0 Å². The standard InChI is InChI=1S/C14H21N3O2/c1-16(10-12-6-8-15-9-7-12)11-13-4-2-3-5-14(13)17(18)19/h2-5,12,15H,6-11H2,1H3. The van der Waals surface area contributed by atoms with Gasteiger partial charge in [-0.3, -0.25) is 10.1 Å². The minimum atomic E-state index is -0.298. The van der Waals surface area contributed by atoms with Crippen LogP contribution in [0.5, 0.6) is 0 Å². The van der Waals surface area contributed by atoms with Gasteiger partial charge in [-0.1, -0.05) is 18.2 Å². The van der Waals surface area contributed by atoms with Gasteiger partial charge in [0.05, 0.1) is 4.92 Å². The van der Waals surface area contributed by atoms with E-state index in [9.17, 15) is 10.1 Å². The van der Waals surface area contributed by atoms with E-state index >= 15 is 0 Å². The first-order valence-electron chi connectivity index (χ1n) is 6.78. The summed E-state index contributed by atoms with van der Waals surface area (Å²) in [5.41, 5.74) is 1.02. The fourth-order valence-electron chi connectivity index (χ4n) is 2.68. The van der Waals surface area contributed by atoms with Crippen molar-refractivity contribution in [3.63, 3.8) is 0 Å². The van der Waals surface area contributed by atoms with Crippen LogP contribution < -0.4 is 5.32 Å². The molecule has 1 heterocycles. The summed E-state index contributed by atoms with van der Waals surface area (Å²) < 4.78 is 0. The molecule has 0 bridgehead atoms. The van der Waals surface area contributed by atoms with Crippen LogP contribution >= 0.6 is 0 Å². The molecule has 5 heteroatoms. The van der Waals surface area contributed by atoms with Gasteiger partial charge in [0.15, 0.2) is 0 Å². The Bertz CT molecular complexity index is 430. The number of hydrogen-bond donors (Lipinski definition) is 1. The highest BCUT2D eigenvalue weighted by Crippen LogP contribution is 2.20. The van der Waals surface area contributed by atoms with E-state index in [1.807, 2.05) is 19.2 Å². The van der Waals surface area contributed by atoms with Crippen molar-refractivity contribution in [3.05, 3.63) is 39.9 Å². The Morgan fingerprint density at radius 2 is 2.05 bits per heavy atom. The number of para-hydroxylation sites is 1. The molecule has 0 spiro atoms. The van der Waals surface area contributed by atoms with E-state index in [0.717, 1.165) is 25.2 Å². The predicted molar refractivity (Wildman–Crippen MR) is 75.0 cm³/mol. The second-order valence-electron chi connectivity index (χ2n) is 5.28. The Morgan fingerprint density at radius 3 is 2.74 bits per heavy atom. The van der Waals surface area contributed by atoms with Crippen LogP contribution in [0.25, 0.3) is 0 Å². The lowest BCUT2D eigenvalue weighted by Gasteiger charge is -2.27. The number of nitro groups is 1.